The molecule has 1 N–H and O–H groups in total. The first-order valence-corrected chi connectivity index (χ1v) is 8.44. The van der Waals surface area contributed by atoms with E-state index in [1.165, 1.54) is 69.8 Å². The molecule has 110 valence electrons. The van der Waals surface area contributed by atoms with Gasteiger partial charge in [0.25, 0.3) is 0 Å². The summed E-state index contributed by atoms with van der Waals surface area (Å²) in [6, 6.07) is 0.571. The first-order valence-electron chi connectivity index (χ1n) is 8.44. The largest absolute Gasteiger partial charge is 0.501 e. The minimum atomic E-state index is 0.571. The Balaban J connectivity index is 1.80. The van der Waals surface area contributed by atoms with Crippen molar-refractivity contribution < 1.29 is 4.74 Å². The summed E-state index contributed by atoms with van der Waals surface area (Å²) in [4.78, 5) is 0. The van der Waals surface area contributed by atoms with E-state index in [9.17, 15) is 0 Å². The molecule has 2 rings (SSSR count). The predicted octanol–water partition coefficient (Wildman–Crippen LogP) is 4.41. The molecule has 0 radical (unpaired) electrons. The predicted molar refractivity (Wildman–Crippen MR) is 81.2 cm³/mol. The Labute approximate surface area is 119 Å². The van der Waals surface area contributed by atoms with Crippen molar-refractivity contribution in [2.24, 2.45) is 5.92 Å². The van der Waals surface area contributed by atoms with Crippen molar-refractivity contribution in [2.75, 3.05) is 13.2 Å². The lowest BCUT2D eigenvalue weighted by molar-refractivity contribution is 0.217. The van der Waals surface area contributed by atoms with Crippen LogP contribution in [0, 0.1) is 5.92 Å². The lowest BCUT2D eigenvalue weighted by atomic mass is 9.84. The van der Waals surface area contributed by atoms with Crippen molar-refractivity contribution in [1.82, 2.24) is 5.32 Å². The summed E-state index contributed by atoms with van der Waals surface area (Å²) >= 11 is 0. The molecule has 1 saturated carbocycles. The molecule has 1 fully saturated rings. The molecule has 1 aliphatic carbocycles. The van der Waals surface area contributed by atoms with Crippen LogP contribution in [0.15, 0.2) is 11.8 Å². The summed E-state index contributed by atoms with van der Waals surface area (Å²) in [7, 11) is 0. The minimum absolute atomic E-state index is 0.571. The summed E-state index contributed by atoms with van der Waals surface area (Å²) in [5.41, 5.74) is 1.51. The van der Waals surface area contributed by atoms with Crippen LogP contribution in [0.25, 0.3) is 0 Å². The van der Waals surface area contributed by atoms with Gasteiger partial charge in [-0.3, -0.25) is 0 Å². The fourth-order valence-electron chi connectivity index (χ4n) is 3.46. The maximum atomic E-state index is 5.53. The topological polar surface area (TPSA) is 21.3 Å². The normalized spacial score (nSPS) is 22.7. The second-order valence-electron chi connectivity index (χ2n) is 6.26. The minimum Gasteiger partial charge on any atom is -0.501 e. The highest BCUT2D eigenvalue weighted by Crippen LogP contribution is 2.29. The third-order valence-corrected chi connectivity index (χ3v) is 4.64. The van der Waals surface area contributed by atoms with E-state index in [2.05, 4.69) is 12.2 Å². The molecule has 0 amide bonds. The maximum absolute atomic E-state index is 5.53. The average molecular weight is 265 g/mol. The molecule has 0 saturated heterocycles. The first-order chi connectivity index (χ1) is 9.40. The maximum Gasteiger partial charge on any atom is 0.0876 e. The molecule has 0 aromatic rings. The second kappa shape index (κ2) is 8.63. The Hall–Kier alpha value is -0.500. The van der Waals surface area contributed by atoms with Crippen LogP contribution >= 0.6 is 0 Å². The van der Waals surface area contributed by atoms with Gasteiger partial charge in [0.05, 0.1) is 12.9 Å². The van der Waals surface area contributed by atoms with E-state index in [0.717, 1.165) is 19.1 Å². The van der Waals surface area contributed by atoms with Crippen LogP contribution in [0.5, 0.6) is 0 Å². The Morgan fingerprint density at radius 2 is 2.11 bits per heavy atom. The summed E-state index contributed by atoms with van der Waals surface area (Å²) in [6.45, 7) is 4.29. The number of hydrogen-bond acceptors (Lipinski definition) is 2. The summed E-state index contributed by atoms with van der Waals surface area (Å²) < 4.78 is 5.53. The molecule has 19 heavy (non-hydrogen) atoms. The SMILES string of the molecule is CCCNC(CCC1CCCCC1)C1=COCCC1. The van der Waals surface area contributed by atoms with Crippen molar-refractivity contribution in [2.45, 2.75) is 77.2 Å². The third kappa shape index (κ3) is 5.18. The molecule has 1 atom stereocenters. The molecule has 0 aromatic heterocycles. The van der Waals surface area contributed by atoms with Crippen LogP contribution in [0.2, 0.25) is 0 Å². The molecule has 1 aliphatic heterocycles. The average Bonchev–Trinajstić information content (AvgIpc) is 2.49. The zero-order valence-corrected chi connectivity index (χ0v) is 12.6. The number of rotatable bonds is 7. The van der Waals surface area contributed by atoms with Crippen molar-refractivity contribution in [1.29, 1.82) is 0 Å². The quantitative estimate of drug-likeness (QED) is 0.736. The van der Waals surface area contributed by atoms with Crippen LogP contribution in [0.3, 0.4) is 0 Å². The summed E-state index contributed by atoms with van der Waals surface area (Å²) in [6.07, 6.45) is 15.7. The van der Waals surface area contributed by atoms with Crippen molar-refractivity contribution in [3.8, 4) is 0 Å². The molecule has 2 aliphatic rings. The molecule has 0 bridgehead atoms. The zero-order chi connectivity index (χ0) is 13.3. The Morgan fingerprint density at radius 1 is 1.26 bits per heavy atom. The van der Waals surface area contributed by atoms with E-state index in [1.807, 2.05) is 6.26 Å². The van der Waals surface area contributed by atoms with E-state index in [4.69, 9.17) is 4.74 Å². The number of hydrogen-bond donors (Lipinski definition) is 1. The van der Waals surface area contributed by atoms with Crippen molar-refractivity contribution >= 4 is 0 Å². The molecule has 1 heterocycles. The highest BCUT2D eigenvalue weighted by Gasteiger charge is 2.19. The van der Waals surface area contributed by atoms with Crippen LogP contribution in [0.4, 0.5) is 0 Å². The molecular weight excluding hydrogens is 234 g/mol. The highest BCUT2D eigenvalue weighted by molar-refractivity contribution is 5.10. The molecular formula is C17H31NO. The zero-order valence-electron chi connectivity index (χ0n) is 12.6. The van der Waals surface area contributed by atoms with Gasteiger partial charge in [-0.2, -0.15) is 0 Å². The summed E-state index contributed by atoms with van der Waals surface area (Å²) in [5.74, 6) is 0.991. The van der Waals surface area contributed by atoms with E-state index < -0.39 is 0 Å². The van der Waals surface area contributed by atoms with Crippen molar-refractivity contribution in [3.63, 3.8) is 0 Å². The highest BCUT2D eigenvalue weighted by atomic mass is 16.5. The fourth-order valence-corrected chi connectivity index (χ4v) is 3.46. The molecule has 0 spiro atoms. The van der Waals surface area contributed by atoms with Crippen LogP contribution in [0.1, 0.15) is 71.1 Å². The summed E-state index contributed by atoms with van der Waals surface area (Å²) in [5, 5.41) is 3.73. The Morgan fingerprint density at radius 3 is 2.79 bits per heavy atom. The van der Waals surface area contributed by atoms with Gasteiger partial charge in [0.2, 0.25) is 0 Å². The lowest BCUT2D eigenvalue weighted by Gasteiger charge is -2.27. The van der Waals surface area contributed by atoms with Gasteiger partial charge in [-0.1, -0.05) is 39.0 Å². The van der Waals surface area contributed by atoms with E-state index in [0.29, 0.717) is 6.04 Å². The standard InChI is InChI=1S/C17H31NO/c1-2-12-18-17(16-9-6-13-19-14-16)11-10-15-7-4-3-5-8-15/h14-15,17-18H,2-13H2,1H3. The van der Waals surface area contributed by atoms with Crippen molar-refractivity contribution in [3.05, 3.63) is 11.8 Å². The van der Waals surface area contributed by atoms with Crippen LogP contribution < -0.4 is 5.32 Å². The second-order valence-corrected chi connectivity index (χ2v) is 6.26. The number of nitrogens with one attached hydrogen (secondary N) is 1. The molecule has 2 nitrogen and oxygen atoms in total. The number of ether oxygens (including phenoxy) is 1. The van der Waals surface area contributed by atoms with E-state index >= 15 is 0 Å². The van der Waals surface area contributed by atoms with Gasteiger partial charge in [-0.05, 0) is 50.1 Å². The molecule has 0 aromatic carbocycles. The van der Waals surface area contributed by atoms with Gasteiger partial charge in [0.15, 0.2) is 0 Å². The van der Waals surface area contributed by atoms with Gasteiger partial charge in [0, 0.05) is 6.04 Å². The Kier molecular flexibility index (Phi) is 6.77. The van der Waals surface area contributed by atoms with Gasteiger partial charge in [-0.15, -0.1) is 0 Å². The van der Waals surface area contributed by atoms with E-state index in [1.54, 1.807) is 0 Å². The van der Waals surface area contributed by atoms with Gasteiger partial charge < -0.3 is 10.1 Å². The van der Waals surface area contributed by atoms with Crippen LogP contribution in [-0.4, -0.2) is 19.2 Å². The molecule has 1 unspecified atom stereocenters. The Bertz CT molecular complexity index is 268. The van der Waals surface area contributed by atoms with Gasteiger partial charge in [0.1, 0.15) is 0 Å². The van der Waals surface area contributed by atoms with E-state index in [-0.39, 0.29) is 0 Å². The third-order valence-electron chi connectivity index (χ3n) is 4.64. The first kappa shape index (κ1) is 14.9. The van der Waals surface area contributed by atoms with Gasteiger partial charge in [-0.25, -0.2) is 0 Å². The van der Waals surface area contributed by atoms with Crippen LogP contribution in [-0.2, 0) is 4.74 Å². The fraction of sp³-hybridized carbons (Fsp3) is 0.882. The monoisotopic (exact) mass is 265 g/mol. The van der Waals surface area contributed by atoms with Gasteiger partial charge >= 0.3 is 0 Å². The smallest absolute Gasteiger partial charge is 0.0876 e. The lowest BCUT2D eigenvalue weighted by Crippen LogP contribution is -2.33. The molecule has 2 heteroatoms.